The number of aliphatic hydroxyl groups excluding tert-OH is 2. The topological polar surface area (TPSA) is 65.6 Å². The van der Waals surface area contributed by atoms with Gasteiger partial charge in [-0.3, -0.25) is 0 Å². The lowest BCUT2D eigenvalue weighted by atomic mass is 9.76. The van der Waals surface area contributed by atoms with E-state index in [1.807, 2.05) is 31.2 Å². The second-order valence-electron chi connectivity index (χ2n) is 4.77. The summed E-state index contributed by atoms with van der Waals surface area (Å²) >= 11 is 0. The highest BCUT2D eigenvalue weighted by atomic mass is 16.3. The van der Waals surface area contributed by atoms with Crippen molar-refractivity contribution in [2.24, 2.45) is 0 Å². The number of fused-ring (bicyclic) bond motifs is 1. The lowest BCUT2D eigenvalue weighted by Gasteiger charge is -2.35. The van der Waals surface area contributed by atoms with Crippen molar-refractivity contribution in [3.05, 3.63) is 36.1 Å². The maximum Gasteiger partial charge on any atom is 0.134 e. The van der Waals surface area contributed by atoms with E-state index in [1.165, 1.54) is 0 Å². The summed E-state index contributed by atoms with van der Waals surface area (Å²) in [5, 5.41) is 23.2. The number of nitrogens with one attached hydrogen (secondary N) is 1. The van der Waals surface area contributed by atoms with Gasteiger partial charge in [0.2, 0.25) is 0 Å². The Balaban J connectivity index is 2.47. The molecule has 2 unspecified atom stereocenters. The second-order valence-corrected chi connectivity index (χ2v) is 4.77. The molecule has 0 amide bonds. The molecule has 4 heteroatoms. The zero-order valence-corrected chi connectivity index (χ0v) is 10.7. The van der Waals surface area contributed by atoms with E-state index in [-0.39, 0.29) is 19.3 Å². The third-order valence-electron chi connectivity index (χ3n) is 3.74. The smallest absolute Gasteiger partial charge is 0.134 e. The van der Waals surface area contributed by atoms with E-state index in [1.54, 1.807) is 13.3 Å². The summed E-state index contributed by atoms with van der Waals surface area (Å²) in [7, 11) is 1.78. The molecule has 0 fully saturated rings. The van der Waals surface area contributed by atoms with Crippen LogP contribution in [0, 0.1) is 0 Å². The standard InChI is InChI=1S/C14H19NO3/c1-14(9-17,13(8-16)15-2)11-4-3-10-5-6-18-12(10)7-11/h3-7,13,15-17H,8-9H2,1-2H3. The molecular weight excluding hydrogens is 230 g/mol. The first-order valence-electron chi connectivity index (χ1n) is 6.02. The molecular formula is C14H19NO3. The zero-order valence-electron chi connectivity index (χ0n) is 10.7. The summed E-state index contributed by atoms with van der Waals surface area (Å²) in [5.41, 5.74) is 1.19. The van der Waals surface area contributed by atoms with Gasteiger partial charge in [-0.05, 0) is 24.7 Å². The molecule has 98 valence electrons. The first kappa shape index (κ1) is 13.1. The van der Waals surface area contributed by atoms with Gasteiger partial charge in [-0.25, -0.2) is 0 Å². The molecule has 4 nitrogen and oxygen atoms in total. The third-order valence-corrected chi connectivity index (χ3v) is 3.74. The number of hydrogen-bond acceptors (Lipinski definition) is 4. The molecule has 0 bridgehead atoms. The van der Waals surface area contributed by atoms with Crippen molar-refractivity contribution >= 4 is 11.0 Å². The van der Waals surface area contributed by atoms with E-state index in [0.29, 0.717) is 0 Å². The lowest BCUT2D eigenvalue weighted by Crippen LogP contribution is -2.50. The predicted molar refractivity (Wildman–Crippen MR) is 70.6 cm³/mol. The Morgan fingerprint density at radius 3 is 2.72 bits per heavy atom. The van der Waals surface area contributed by atoms with Crippen molar-refractivity contribution in [2.45, 2.75) is 18.4 Å². The van der Waals surface area contributed by atoms with Gasteiger partial charge in [-0.1, -0.05) is 19.1 Å². The quantitative estimate of drug-likeness (QED) is 0.746. The number of hydrogen-bond donors (Lipinski definition) is 3. The first-order chi connectivity index (χ1) is 8.65. The molecule has 0 spiro atoms. The van der Waals surface area contributed by atoms with Crippen LogP contribution in [0.4, 0.5) is 0 Å². The van der Waals surface area contributed by atoms with Crippen LogP contribution in [0.3, 0.4) is 0 Å². The van der Waals surface area contributed by atoms with E-state index in [0.717, 1.165) is 16.5 Å². The van der Waals surface area contributed by atoms with Gasteiger partial charge in [-0.2, -0.15) is 0 Å². The molecule has 0 aliphatic heterocycles. The third kappa shape index (κ3) is 2.03. The van der Waals surface area contributed by atoms with Crippen LogP contribution in [0.25, 0.3) is 11.0 Å². The van der Waals surface area contributed by atoms with Gasteiger partial charge in [-0.15, -0.1) is 0 Å². The van der Waals surface area contributed by atoms with E-state index in [9.17, 15) is 10.2 Å². The molecule has 1 aromatic carbocycles. The van der Waals surface area contributed by atoms with Crippen molar-refractivity contribution in [2.75, 3.05) is 20.3 Å². The van der Waals surface area contributed by atoms with E-state index in [2.05, 4.69) is 5.32 Å². The van der Waals surface area contributed by atoms with Gasteiger partial charge in [0.1, 0.15) is 5.58 Å². The second kappa shape index (κ2) is 5.10. The average Bonchev–Trinajstić information content (AvgIpc) is 2.86. The van der Waals surface area contributed by atoms with Gasteiger partial charge >= 0.3 is 0 Å². The lowest BCUT2D eigenvalue weighted by molar-refractivity contribution is 0.126. The minimum absolute atomic E-state index is 0.0379. The largest absolute Gasteiger partial charge is 0.464 e. The van der Waals surface area contributed by atoms with Crippen molar-refractivity contribution in [3.8, 4) is 0 Å². The zero-order chi connectivity index (χ0) is 13.2. The molecule has 0 aliphatic rings. The van der Waals surface area contributed by atoms with Gasteiger partial charge in [0.05, 0.1) is 19.5 Å². The molecule has 0 aliphatic carbocycles. The molecule has 0 radical (unpaired) electrons. The maximum atomic E-state index is 9.71. The SMILES string of the molecule is CNC(CO)C(C)(CO)c1ccc2ccoc2c1. The molecule has 3 N–H and O–H groups in total. The van der Waals surface area contributed by atoms with Crippen LogP contribution in [-0.2, 0) is 5.41 Å². The molecule has 2 rings (SSSR count). The predicted octanol–water partition coefficient (Wildman–Crippen LogP) is 1.26. The molecule has 18 heavy (non-hydrogen) atoms. The van der Waals surface area contributed by atoms with E-state index in [4.69, 9.17) is 4.42 Å². The van der Waals surface area contributed by atoms with E-state index < -0.39 is 5.41 Å². The van der Waals surface area contributed by atoms with Crippen LogP contribution in [0.5, 0.6) is 0 Å². The van der Waals surface area contributed by atoms with Crippen LogP contribution < -0.4 is 5.32 Å². The molecule has 1 heterocycles. The summed E-state index contributed by atoms with van der Waals surface area (Å²) < 4.78 is 5.38. The molecule has 1 aromatic heterocycles. The Hall–Kier alpha value is -1.36. The highest BCUT2D eigenvalue weighted by molar-refractivity contribution is 5.78. The monoisotopic (exact) mass is 249 g/mol. The summed E-state index contributed by atoms with van der Waals surface area (Å²) in [5.74, 6) is 0. The van der Waals surface area contributed by atoms with Crippen LogP contribution in [0.15, 0.2) is 34.9 Å². The van der Waals surface area contributed by atoms with Gasteiger partial charge in [0.25, 0.3) is 0 Å². The summed E-state index contributed by atoms with van der Waals surface area (Å²) in [6.45, 7) is 1.84. The van der Waals surface area contributed by atoms with Crippen molar-refractivity contribution in [1.82, 2.24) is 5.32 Å². The number of aliphatic hydroxyl groups is 2. The molecule has 0 saturated heterocycles. The van der Waals surface area contributed by atoms with Crippen molar-refractivity contribution in [1.29, 1.82) is 0 Å². The van der Waals surface area contributed by atoms with Crippen molar-refractivity contribution in [3.63, 3.8) is 0 Å². The van der Waals surface area contributed by atoms with Crippen LogP contribution in [-0.4, -0.2) is 36.5 Å². The fraction of sp³-hybridized carbons (Fsp3) is 0.429. The fourth-order valence-corrected chi connectivity index (χ4v) is 2.32. The number of likely N-dealkylation sites (N-methyl/N-ethyl adjacent to an activating group) is 1. The highest BCUT2D eigenvalue weighted by Gasteiger charge is 2.34. The van der Waals surface area contributed by atoms with E-state index >= 15 is 0 Å². The number of furan rings is 1. The minimum Gasteiger partial charge on any atom is -0.464 e. The van der Waals surface area contributed by atoms with Crippen LogP contribution in [0.1, 0.15) is 12.5 Å². The van der Waals surface area contributed by atoms with Crippen LogP contribution in [0.2, 0.25) is 0 Å². The van der Waals surface area contributed by atoms with Gasteiger partial charge in [0, 0.05) is 16.8 Å². The normalized spacial score (nSPS) is 16.7. The van der Waals surface area contributed by atoms with Crippen LogP contribution >= 0.6 is 0 Å². The Kier molecular flexibility index (Phi) is 3.71. The Morgan fingerprint density at radius 2 is 2.11 bits per heavy atom. The molecule has 2 aromatic rings. The molecule has 0 saturated carbocycles. The average molecular weight is 249 g/mol. The summed E-state index contributed by atoms with van der Waals surface area (Å²) in [6.07, 6.45) is 1.65. The first-order valence-corrected chi connectivity index (χ1v) is 6.02. The number of benzene rings is 1. The Bertz CT molecular complexity index is 518. The fourth-order valence-electron chi connectivity index (χ4n) is 2.32. The Morgan fingerprint density at radius 1 is 1.33 bits per heavy atom. The van der Waals surface area contributed by atoms with Gasteiger partial charge in [0.15, 0.2) is 0 Å². The number of rotatable bonds is 5. The summed E-state index contributed by atoms with van der Waals surface area (Å²) in [6, 6.07) is 7.54. The minimum atomic E-state index is -0.551. The Labute approximate surface area is 106 Å². The summed E-state index contributed by atoms with van der Waals surface area (Å²) in [4.78, 5) is 0. The highest BCUT2D eigenvalue weighted by Crippen LogP contribution is 2.30. The maximum absolute atomic E-state index is 9.71. The van der Waals surface area contributed by atoms with Gasteiger partial charge < -0.3 is 19.9 Å². The molecule has 2 atom stereocenters. The van der Waals surface area contributed by atoms with Crippen molar-refractivity contribution < 1.29 is 14.6 Å².